The first-order valence-corrected chi connectivity index (χ1v) is 13.0. The Hall–Kier alpha value is -2.41. The lowest BCUT2D eigenvalue weighted by Gasteiger charge is -2.15. The molecule has 0 saturated carbocycles. The van der Waals surface area contributed by atoms with E-state index in [4.69, 9.17) is 16.7 Å². The van der Waals surface area contributed by atoms with Crippen molar-refractivity contribution in [1.29, 1.82) is 0 Å². The molecule has 1 N–H and O–H groups in total. The Labute approximate surface area is 202 Å². The number of benzene rings is 3. The van der Waals surface area contributed by atoms with Crippen LogP contribution < -0.4 is 5.32 Å². The van der Waals surface area contributed by atoms with Gasteiger partial charge < -0.3 is 5.32 Å². The van der Waals surface area contributed by atoms with Crippen molar-refractivity contribution >= 4 is 52.6 Å². The fourth-order valence-electron chi connectivity index (χ4n) is 3.52. The lowest BCUT2D eigenvalue weighted by Crippen LogP contribution is -2.30. The van der Waals surface area contributed by atoms with Crippen LogP contribution in [0.25, 0.3) is 0 Å². The molecule has 7 heteroatoms. The van der Waals surface area contributed by atoms with Crippen LogP contribution in [0, 0.1) is 5.92 Å². The van der Waals surface area contributed by atoms with E-state index >= 15 is 0 Å². The van der Waals surface area contributed by atoms with Gasteiger partial charge in [0.1, 0.15) is 0 Å². The van der Waals surface area contributed by atoms with Gasteiger partial charge in [0, 0.05) is 26.4 Å². The van der Waals surface area contributed by atoms with Gasteiger partial charge in [0.05, 0.1) is 12.3 Å². The number of amides is 2. The molecule has 3 aromatic carbocycles. The largest absolute Gasteiger partial charge is 0.342 e. The molecule has 1 aliphatic heterocycles. The second-order valence-corrected chi connectivity index (χ2v) is 9.86. The van der Waals surface area contributed by atoms with Crippen molar-refractivity contribution in [2.24, 2.45) is 11.0 Å². The zero-order chi connectivity index (χ0) is 22.3. The lowest BCUT2D eigenvalue weighted by atomic mass is 9.95. The summed E-state index contributed by atoms with van der Waals surface area (Å²) < 4.78 is 0. The summed E-state index contributed by atoms with van der Waals surface area (Å²) in [5.41, 5.74) is 2.70. The Morgan fingerprint density at radius 3 is 2.44 bits per heavy atom. The highest BCUT2D eigenvalue weighted by Gasteiger charge is 2.31. The molecule has 0 bridgehead atoms. The summed E-state index contributed by atoms with van der Waals surface area (Å²) in [4.78, 5) is 15.3. The van der Waals surface area contributed by atoms with Gasteiger partial charge in [-0.25, -0.2) is 9.80 Å². The predicted molar refractivity (Wildman–Crippen MR) is 137 cm³/mol. The number of nitrogens with one attached hydrogen (secondary N) is 1. The highest BCUT2D eigenvalue weighted by molar-refractivity contribution is 7.99. The summed E-state index contributed by atoms with van der Waals surface area (Å²) in [6.07, 6.45) is 2.95. The highest BCUT2D eigenvalue weighted by Crippen LogP contribution is 2.28. The molecule has 0 saturated heterocycles. The van der Waals surface area contributed by atoms with Gasteiger partial charge in [-0.15, -0.1) is 23.5 Å². The summed E-state index contributed by atoms with van der Waals surface area (Å²) in [6.45, 7) is 0.558. The second kappa shape index (κ2) is 10.9. The molecule has 1 unspecified atom stereocenters. The average molecular weight is 482 g/mol. The van der Waals surface area contributed by atoms with Gasteiger partial charge in [0.25, 0.3) is 0 Å². The number of carbonyl (C=O) groups is 1. The van der Waals surface area contributed by atoms with Crippen LogP contribution in [0.2, 0.25) is 5.02 Å². The first-order valence-electron chi connectivity index (χ1n) is 10.4. The molecule has 1 aliphatic rings. The Bertz CT molecular complexity index is 1070. The minimum absolute atomic E-state index is 0.164. The van der Waals surface area contributed by atoms with Crippen molar-refractivity contribution in [2.75, 3.05) is 23.9 Å². The molecule has 0 radical (unpaired) electrons. The maximum atomic E-state index is 12.9. The molecule has 4 nitrogen and oxygen atoms in total. The fourth-order valence-corrected chi connectivity index (χ4v) is 5.04. The Morgan fingerprint density at radius 1 is 1.03 bits per heavy atom. The predicted octanol–water partition coefficient (Wildman–Crippen LogP) is 7.11. The van der Waals surface area contributed by atoms with Gasteiger partial charge in [-0.05, 0) is 72.5 Å². The van der Waals surface area contributed by atoms with E-state index in [1.807, 2.05) is 72.6 Å². The van der Waals surface area contributed by atoms with Gasteiger partial charge in [-0.3, -0.25) is 0 Å². The third kappa shape index (κ3) is 5.88. The van der Waals surface area contributed by atoms with Gasteiger partial charge in [0.15, 0.2) is 0 Å². The SMILES string of the molecule is CSc1ccc(NC(=O)N2CC(CCSc3ccccc3)C(c3ccc(Cl)cc3)=N2)cc1. The van der Waals surface area contributed by atoms with Crippen molar-refractivity contribution < 1.29 is 4.79 Å². The van der Waals surface area contributed by atoms with E-state index in [9.17, 15) is 4.79 Å². The van der Waals surface area contributed by atoms with Crippen LogP contribution in [0.15, 0.2) is 93.8 Å². The number of urea groups is 1. The number of rotatable bonds is 7. The molecular formula is C25H24ClN3OS2. The minimum atomic E-state index is -0.216. The Morgan fingerprint density at radius 2 is 1.75 bits per heavy atom. The van der Waals surface area contributed by atoms with Crippen LogP contribution in [0.4, 0.5) is 10.5 Å². The molecule has 0 aromatic heterocycles. The van der Waals surface area contributed by atoms with E-state index in [0.717, 1.165) is 34.0 Å². The molecule has 3 aromatic rings. The van der Waals surface area contributed by atoms with Crippen LogP contribution in [0.1, 0.15) is 12.0 Å². The van der Waals surface area contributed by atoms with Gasteiger partial charge in [-0.2, -0.15) is 5.10 Å². The maximum Gasteiger partial charge on any atom is 0.342 e. The fraction of sp³-hybridized carbons (Fsp3) is 0.200. The smallest absolute Gasteiger partial charge is 0.306 e. The maximum absolute atomic E-state index is 12.9. The molecular weight excluding hydrogens is 458 g/mol. The minimum Gasteiger partial charge on any atom is -0.306 e. The molecule has 4 rings (SSSR count). The highest BCUT2D eigenvalue weighted by atomic mass is 35.5. The van der Waals surface area contributed by atoms with Crippen molar-refractivity contribution in [2.45, 2.75) is 16.2 Å². The van der Waals surface area contributed by atoms with Crippen LogP contribution in [-0.2, 0) is 0 Å². The number of nitrogens with zero attached hydrogens (tertiary/aromatic N) is 2. The first-order chi connectivity index (χ1) is 15.6. The molecule has 0 spiro atoms. The summed E-state index contributed by atoms with van der Waals surface area (Å²) in [5, 5.41) is 9.90. The normalized spacial score (nSPS) is 15.5. The van der Waals surface area contributed by atoms with Gasteiger partial charge in [-0.1, -0.05) is 41.9 Å². The number of hydrogen-bond acceptors (Lipinski definition) is 4. The van der Waals surface area contributed by atoms with Gasteiger partial charge >= 0.3 is 6.03 Å². The molecule has 0 aliphatic carbocycles. The van der Waals surface area contributed by atoms with Crippen LogP contribution >= 0.6 is 35.1 Å². The van der Waals surface area contributed by atoms with E-state index in [-0.39, 0.29) is 11.9 Å². The summed E-state index contributed by atoms with van der Waals surface area (Å²) >= 11 is 9.57. The summed E-state index contributed by atoms with van der Waals surface area (Å²) in [6, 6.07) is 25.7. The third-order valence-electron chi connectivity index (χ3n) is 5.20. The first kappa shape index (κ1) is 22.8. The number of halogens is 1. The van der Waals surface area contributed by atoms with Crippen LogP contribution in [-0.4, -0.2) is 35.3 Å². The van der Waals surface area contributed by atoms with E-state index in [1.165, 1.54) is 4.90 Å². The Balaban J connectivity index is 1.46. The van der Waals surface area contributed by atoms with Crippen LogP contribution in [0.5, 0.6) is 0 Å². The van der Waals surface area contributed by atoms with Crippen molar-refractivity contribution in [3.63, 3.8) is 0 Å². The standard InChI is InChI=1S/C25H24ClN3OS2/c1-31-22-13-11-21(12-14-22)27-25(30)29-17-19(15-16-32-23-5-3-2-4-6-23)24(28-29)18-7-9-20(26)10-8-18/h2-14,19H,15-17H2,1H3,(H,27,30). The average Bonchev–Trinajstić information content (AvgIpc) is 3.25. The number of carbonyl (C=O) groups excluding carboxylic acids is 1. The molecule has 1 atom stereocenters. The molecule has 0 fully saturated rings. The van der Waals surface area contributed by atoms with Crippen LogP contribution in [0.3, 0.4) is 0 Å². The van der Waals surface area contributed by atoms with E-state index in [2.05, 4.69) is 29.6 Å². The number of anilines is 1. The van der Waals surface area contributed by atoms with Crippen molar-refractivity contribution in [1.82, 2.24) is 5.01 Å². The van der Waals surface area contributed by atoms with Crippen molar-refractivity contribution in [3.8, 4) is 0 Å². The molecule has 1 heterocycles. The zero-order valence-electron chi connectivity index (χ0n) is 17.7. The zero-order valence-corrected chi connectivity index (χ0v) is 20.1. The summed E-state index contributed by atoms with van der Waals surface area (Å²) in [7, 11) is 0. The second-order valence-electron chi connectivity index (χ2n) is 7.38. The molecule has 32 heavy (non-hydrogen) atoms. The lowest BCUT2D eigenvalue weighted by molar-refractivity contribution is 0.215. The Kier molecular flexibility index (Phi) is 7.79. The quantitative estimate of drug-likeness (QED) is 0.365. The number of hydrogen-bond donors (Lipinski definition) is 1. The van der Waals surface area contributed by atoms with E-state index < -0.39 is 0 Å². The number of hydrazone groups is 1. The monoisotopic (exact) mass is 481 g/mol. The van der Waals surface area contributed by atoms with E-state index in [1.54, 1.807) is 16.8 Å². The topological polar surface area (TPSA) is 44.7 Å². The van der Waals surface area contributed by atoms with Crippen molar-refractivity contribution in [3.05, 3.63) is 89.4 Å². The molecule has 164 valence electrons. The van der Waals surface area contributed by atoms with Gasteiger partial charge in [0.2, 0.25) is 0 Å². The number of thioether (sulfide) groups is 2. The third-order valence-corrected chi connectivity index (χ3v) is 7.24. The molecule has 2 amide bonds. The summed E-state index contributed by atoms with van der Waals surface area (Å²) in [5.74, 6) is 1.12. The van der Waals surface area contributed by atoms with E-state index in [0.29, 0.717) is 11.6 Å².